The van der Waals surface area contributed by atoms with Gasteiger partial charge >= 0.3 is 0 Å². The second kappa shape index (κ2) is 15.8. The molecule has 4 aromatic rings. The van der Waals surface area contributed by atoms with Gasteiger partial charge in [0.2, 0.25) is 5.91 Å². The van der Waals surface area contributed by atoms with Gasteiger partial charge in [0.1, 0.15) is 6.54 Å². The SMILES string of the molecule is CCCCCc1ccc(C(=O)N(CCC)CC(=O)N(CCc2c[nH]c3ccccc23)Cc2ccc(OC)c(OC)c2)cc1. The third-order valence-corrected chi connectivity index (χ3v) is 7.88. The predicted molar refractivity (Wildman–Crippen MR) is 173 cm³/mol. The van der Waals surface area contributed by atoms with Crippen molar-refractivity contribution in [3.63, 3.8) is 0 Å². The van der Waals surface area contributed by atoms with Crippen molar-refractivity contribution in [2.75, 3.05) is 33.9 Å². The van der Waals surface area contributed by atoms with E-state index < -0.39 is 0 Å². The molecule has 0 saturated carbocycles. The number of nitrogens with zero attached hydrogens (tertiary/aromatic N) is 2. The Kier molecular flexibility index (Phi) is 11.7. The van der Waals surface area contributed by atoms with Crippen LogP contribution >= 0.6 is 0 Å². The van der Waals surface area contributed by atoms with Gasteiger partial charge < -0.3 is 24.3 Å². The summed E-state index contributed by atoms with van der Waals surface area (Å²) in [5.41, 5.74) is 5.01. The number of carbonyl (C=O) groups is 2. The molecule has 0 aliphatic carbocycles. The molecule has 7 heteroatoms. The number of benzene rings is 3. The highest BCUT2D eigenvalue weighted by atomic mass is 16.5. The van der Waals surface area contributed by atoms with Crippen molar-refractivity contribution in [2.24, 2.45) is 0 Å². The van der Waals surface area contributed by atoms with Crippen molar-refractivity contribution < 1.29 is 19.1 Å². The van der Waals surface area contributed by atoms with Gasteiger partial charge in [0.15, 0.2) is 11.5 Å². The molecule has 0 radical (unpaired) electrons. The van der Waals surface area contributed by atoms with Crippen molar-refractivity contribution in [3.8, 4) is 11.5 Å². The van der Waals surface area contributed by atoms with Crippen LogP contribution in [-0.2, 0) is 24.2 Å². The van der Waals surface area contributed by atoms with Crippen LogP contribution < -0.4 is 9.47 Å². The molecule has 0 unspecified atom stereocenters. The number of hydrogen-bond donors (Lipinski definition) is 1. The van der Waals surface area contributed by atoms with E-state index in [1.54, 1.807) is 19.1 Å². The summed E-state index contributed by atoms with van der Waals surface area (Å²) in [5, 5.41) is 1.15. The number of fused-ring (bicyclic) bond motifs is 1. The second-order valence-electron chi connectivity index (χ2n) is 11.0. The molecule has 4 rings (SSSR count). The summed E-state index contributed by atoms with van der Waals surface area (Å²) in [5.74, 6) is 1.05. The Balaban J connectivity index is 1.52. The molecule has 7 nitrogen and oxygen atoms in total. The summed E-state index contributed by atoms with van der Waals surface area (Å²) < 4.78 is 10.9. The normalized spacial score (nSPS) is 11.0. The summed E-state index contributed by atoms with van der Waals surface area (Å²) in [4.78, 5) is 34.4. The number of para-hydroxylation sites is 1. The molecule has 0 aliphatic rings. The summed E-state index contributed by atoms with van der Waals surface area (Å²) >= 11 is 0. The topological polar surface area (TPSA) is 74.9 Å². The van der Waals surface area contributed by atoms with Crippen LogP contribution in [0.25, 0.3) is 10.9 Å². The molecular weight excluding hydrogens is 538 g/mol. The van der Waals surface area contributed by atoms with Crippen LogP contribution in [-0.4, -0.2) is 60.5 Å². The van der Waals surface area contributed by atoms with Crippen molar-refractivity contribution in [2.45, 2.75) is 58.9 Å². The minimum absolute atomic E-state index is 0.0199. The number of aryl methyl sites for hydroxylation is 1. The number of rotatable bonds is 16. The zero-order valence-electron chi connectivity index (χ0n) is 26.0. The molecule has 1 heterocycles. The summed E-state index contributed by atoms with van der Waals surface area (Å²) in [6, 6.07) is 21.8. The average Bonchev–Trinajstić information content (AvgIpc) is 3.45. The van der Waals surface area contributed by atoms with Crippen LogP contribution in [0, 0.1) is 0 Å². The van der Waals surface area contributed by atoms with Crippen LogP contribution in [0.2, 0.25) is 0 Å². The van der Waals surface area contributed by atoms with Gasteiger partial charge in [-0.2, -0.15) is 0 Å². The molecule has 0 saturated heterocycles. The first kappa shape index (κ1) is 31.7. The number of hydrogen-bond acceptors (Lipinski definition) is 4. The predicted octanol–water partition coefficient (Wildman–Crippen LogP) is 7.04. The van der Waals surface area contributed by atoms with E-state index in [9.17, 15) is 9.59 Å². The van der Waals surface area contributed by atoms with E-state index >= 15 is 0 Å². The number of H-pyrrole nitrogens is 1. The molecule has 0 fully saturated rings. The molecule has 43 heavy (non-hydrogen) atoms. The Morgan fingerprint density at radius 2 is 1.51 bits per heavy atom. The van der Waals surface area contributed by atoms with E-state index in [2.05, 4.69) is 24.0 Å². The Morgan fingerprint density at radius 3 is 2.23 bits per heavy atom. The lowest BCUT2D eigenvalue weighted by Crippen LogP contribution is -2.43. The Hall–Kier alpha value is -4.26. The van der Waals surface area contributed by atoms with Gasteiger partial charge in [-0.25, -0.2) is 0 Å². The number of carbonyl (C=O) groups excluding carboxylic acids is 2. The van der Waals surface area contributed by atoms with E-state index in [4.69, 9.17) is 9.47 Å². The van der Waals surface area contributed by atoms with E-state index in [1.165, 1.54) is 18.4 Å². The summed E-state index contributed by atoms with van der Waals surface area (Å²) in [6.07, 6.45) is 8.01. The van der Waals surface area contributed by atoms with Crippen molar-refractivity contribution in [1.82, 2.24) is 14.8 Å². The Morgan fingerprint density at radius 1 is 0.767 bits per heavy atom. The monoisotopic (exact) mass is 583 g/mol. The molecule has 0 atom stereocenters. The third kappa shape index (κ3) is 8.40. The molecule has 0 bridgehead atoms. The highest BCUT2D eigenvalue weighted by Gasteiger charge is 2.23. The van der Waals surface area contributed by atoms with Gasteiger partial charge in [0.25, 0.3) is 5.91 Å². The molecule has 2 amide bonds. The van der Waals surface area contributed by atoms with Gasteiger partial charge in [0.05, 0.1) is 14.2 Å². The van der Waals surface area contributed by atoms with Gasteiger partial charge in [-0.3, -0.25) is 9.59 Å². The smallest absolute Gasteiger partial charge is 0.254 e. The lowest BCUT2D eigenvalue weighted by molar-refractivity contribution is -0.132. The number of aromatic nitrogens is 1. The quantitative estimate of drug-likeness (QED) is 0.144. The minimum Gasteiger partial charge on any atom is -0.493 e. The maximum Gasteiger partial charge on any atom is 0.254 e. The summed E-state index contributed by atoms with van der Waals surface area (Å²) in [7, 11) is 3.21. The molecule has 1 aromatic heterocycles. The Bertz CT molecular complexity index is 1480. The fourth-order valence-corrected chi connectivity index (χ4v) is 5.45. The van der Waals surface area contributed by atoms with Crippen LogP contribution in [0.15, 0.2) is 72.9 Å². The van der Waals surface area contributed by atoms with E-state index in [1.807, 2.05) is 72.6 Å². The molecular formula is C36H45N3O4. The lowest BCUT2D eigenvalue weighted by Gasteiger charge is -2.28. The maximum absolute atomic E-state index is 13.9. The fraction of sp³-hybridized carbons (Fsp3) is 0.389. The number of methoxy groups -OCH3 is 2. The highest BCUT2D eigenvalue weighted by molar-refractivity contribution is 5.96. The summed E-state index contributed by atoms with van der Waals surface area (Å²) in [6.45, 7) is 5.65. The van der Waals surface area contributed by atoms with Crippen molar-refractivity contribution >= 4 is 22.7 Å². The molecule has 3 aromatic carbocycles. The van der Waals surface area contributed by atoms with Crippen LogP contribution in [0.3, 0.4) is 0 Å². The zero-order chi connectivity index (χ0) is 30.6. The first-order valence-electron chi connectivity index (χ1n) is 15.4. The number of ether oxygens (including phenoxy) is 2. The van der Waals surface area contributed by atoms with E-state index in [0.29, 0.717) is 43.1 Å². The zero-order valence-corrected chi connectivity index (χ0v) is 26.0. The number of unbranched alkanes of at least 4 members (excludes halogenated alkanes) is 2. The average molecular weight is 584 g/mol. The second-order valence-corrected chi connectivity index (χ2v) is 11.0. The highest BCUT2D eigenvalue weighted by Crippen LogP contribution is 2.28. The van der Waals surface area contributed by atoms with E-state index in [-0.39, 0.29) is 18.4 Å². The van der Waals surface area contributed by atoms with Crippen LogP contribution in [0.1, 0.15) is 66.6 Å². The van der Waals surface area contributed by atoms with E-state index in [0.717, 1.165) is 41.3 Å². The van der Waals surface area contributed by atoms with Gasteiger partial charge in [-0.15, -0.1) is 0 Å². The molecule has 0 aliphatic heterocycles. The fourth-order valence-electron chi connectivity index (χ4n) is 5.45. The first-order chi connectivity index (χ1) is 21.0. The van der Waals surface area contributed by atoms with Crippen molar-refractivity contribution in [3.05, 3.63) is 95.2 Å². The Labute approximate surface area is 255 Å². The lowest BCUT2D eigenvalue weighted by atomic mass is 10.0. The maximum atomic E-state index is 13.9. The van der Waals surface area contributed by atoms with Gasteiger partial charge in [-0.05, 0) is 72.7 Å². The minimum atomic E-state index is -0.113. The van der Waals surface area contributed by atoms with Crippen molar-refractivity contribution in [1.29, 1.82) is 0 Å². The molecule has 1 N–H and O–H groups in total. The largest absolute Gasteiger partial charge is 0.493 e. The van der Waals surface area contributed by atoms with Gasteiger partial charge in [0, 0.05) is 42.3 Å². The number of aromatic amines is 1. The standard InChI is InChI=1S/C36H45N3O4/c1-5-7-8-11-27-14-17-29(18-15-27)36(41)39(21-6-2)26-35(40)38(25-28-16-19-33(42-3)34(23-28)43-4)22-20-30-24-37-32-13-10-9-12-31(30)32/h9-10,12-19,23-24,37H,5-8,11,20-22,25-26H2,1-4H3. The molecule has 0 spiro atoms. The number of nitrogens with one attached hydrogen (secondary N) is 1. The number of amides is 2. The molecule has 228 valence electrons. The van der Waals surface area contributed by atoms with Gasteiger partial charge in [-0.1, -0.05) is 63.1 Å². The third-order valence-electron chi connectivity index (χ3n) is 7.88. The first-order valence-corrected chi connectivity index (χ1v) is 15.4. The van der Waals surface area contributed by atoms with Crippen LogP contribution in [0.4, 0.5) is 0 Å². The van der Waals surface area contributed by atoms with Crippen LogP contribution in [0.5, 0.6) is 11.5 Å².